The Labute approximate surface area is 114 Å². The largest absolute Gasteiger partial charge is 0.490 e. The third kappa shape index (κ3) is 4.43. The fourth-order valence-electron chi connectivity index (χ4n) is 1.50. The van der Waals surface area contributed by atoms with E-state index in [9.17, 15) is 4.79 Å². The van der Waals surface area contributed by atoms with E-state index in [4.69, 9.17) is 9.47 Å². The van der Waals surface area contributed by atoms with E-state index in [-0.39, 0.29) is 5.97 Å². The monoisotopic (exact) mass is 266 g/mol. The minimum atomic E-state index is -0.617. The van der Waals surface area contributed by atoms with Crippen molar-refractivity contribution in [1.29, 1.82) is 0 Å². The number of methoxy groups -OCH3 is 1. The molecular formula is C14H22N2O3. The summed E-state index contributed by atoms with van der Waals surface area (Å²) in [6.07, 6.45) is 2.62. The number of hydrogen-bond acceptors (Lipinski definition) is 5. The molecule has 106 valence electrons. The van der Waals surface area contributed by atoms with Gasteiger partial charge in [-0.2, -0.15) is 0 Å². The number of nitrogens with zero attached hydrogens (tertiary/aromatic N) is 1. The topological polar surface area (TPSA) is 60.5 Å². The van der Waals surface area contributed by atoms with Gasteiger partial charge in [0.1, 0.15) is 0 Å². The van der Waals surface area contributed by atoms with Gasteiger partial charge in [-0.05, 0) is 32.4 Å². The number of esters is 1. The van der Waals surface area contributed by atoms with Gasteiger partial charge in [-0.3, -0.25) is 4.79 Å². The van der Waals surface area contributed by atoms with Crippen molar-refractivity contribution in [2.24, 2.45) is 5.41 Å². The van der Waals surface area contributed by atoms with Gasteiger partial charge in [0.25, 0.3) is 0 Å². The van der Waals surface area contributed by atoms with Crippen molar-refractivity contribution in [3.63, 3.8) is 0 Å². The van der Waals surface area contributed by atoms with Crippen LogP contribution in [0.3, 0.4) is 0 Å². The number of aromatic nitrogens is 1. The second kappa shape index (κ2) is 6.97. The van der Waals surface area contributed by atoms with E-state index in [2.05, 4.69) is 10.3 Å². The zero-order chi connectivity index (χ0) is 14.3. The molecule has 0 radical (unpaired) electrons. The number of hydrogen-bond donors (Lipinski definition) is 1. The Morgan fingerprint density at radius 3 is 2.84 bits per heavy atom. The highest BCUT2D eigenvalue weighted by atomic mass is 16.5. The lowest BCUT2D eigenvalue weighted by Crippen LogP contribution is -2.33. The van der Waals surface area contributed by atoms with Crippen molar-refractivity contribution in [2.75, 3.05) is 25.6 Å². The summed E-state index contributed by atoms with van der Waals surface area (Å²) in [6, 6.07) is 3.68. The van der Waals surface area contributed by atoms with Crippen LogP contribution in [0.4, 0.5) is 5.82 Å². The van der Waals surface area contributed by atoms with Gasteiger partial charge in [-0.15, -0.1) is 0 Å². The van der Waals surface area contributed by atoms with E-state index in [1.165, 1.54) is 7.11 Å². The molecule has 0 saturated carbocycles. The fourth-order valence-corrected chi connectivity index (χ4v) is 1.50. The maximum Gasteiger partial charge on any atom is 0.313 e. The van der Waals surface area contributed by atoms with Crippen LogP contribution in [0.2, 0.25) is 0 Å². The lowest BCUT2D eigenvalue weighted by Gasteiger charge is -2.22. The molecule has 0 unspecified atom stereocenters. The van der Waals surface area contributed by atoms with E-state index in [1.54, 1.807) is 6.20 Å². The van der Waals surface area contributed by atoms with Crippen molar-refractivity contribution in [2.45, 2.75) is 27.2 Å². The van der Waals surface area contributed by atoms with Gasteiger partial charge in [-0.25, -0.2) is 4.98 Å². The maximum absolute atomic E-state index is 11.6. The summed E-state index contributed by atoms with van der Waals surface area (Å²) in [5.41, 5.74) is -0.617. The van der Waals surface area contributed by atoms with E-state index < -0.39 is 5.41 Å². The van der Waals surface area contributed by atoms with Crippen LogP contribution in [-0.2, 0) is 9.53 Å². The second-order valence-electron chi connectivity index (χ2n) is 4.93. The van der Waals surface area contributed by atoms with Gasteiger partial charge < -0.3 is 14.8 Å². The van der Waals surface area contributed by atoms with Crippen LogP contribution in [0.1, 0.15) is 27.2 Å². The minimum absolute atomic E-state index is 0.257. The summed E-state index contributed by atoms with van der Waals surface area (Å²) in [5.74, 6) is 1.09. The molecule has 0 aliphatic rings. The molecule has 0 bridgehead atoms. The smallest absolute Gasteiger partial charge is 0.313 e. The van der Waals surface area contributed by atoms with E-state index in [0.29, 0.717) is 24.7 Å². The first kappa shape index (κ1) is 15.3. The summed E-state index contributed by atoms with van der Waals surface area (Å²) < 4.78 is 10.4. The molecule has 0 amide bonds. The van der Waals surface area contributed by atoms with Crippen molar-refractivity contribution >= 4 is 11.8 Å². The van der Waals surface area contributed by atoms with Gasteiger partial charge >= 0.3 is 5.97 Å². The predicted octanol–water partition coefficient (Wildman–Crippen LogP) is 2.48. The molecule has 0 aliphatic heterocycles. The van der Waals surface area contributed by atoms with Crippen molar-refractivity contribution in [1.82, 2.24) is 4.98 Å². The van der Waals surface area contributed by atoms with E-state index in [0.717, 1.165) is 6.42 Å². The molecule has 1 N–H and O–H groups in total. The number of carbonyl (C=O) groups excluding carboxylic acids is 1. The zero-order valence-corrected chi connectivity index (χ0v) is 12.0. The van der Waals surface area contributed by atoms with Crippen LogP contribution in [0.15, 0.2) is 18.3 Å². The first-order chi connectivity index (χ1) is 9.01. The van der Waals surface area contributed by atoms with E-state index in [1.807, 2.05) is 32.9 Å². The Hall–Kier alpha value is -1.78. The first-order valence-corrected chi connectivity index (χ1v) is 6.41. The minimum Gasteiger partial charge on any atom is -0.490 e. The van der Waals surface area contributed by atoms with Crippen LogP contribution in [0, 0.1) is 5.41 Å². The highest BCUT2D eigenvalue weighted by Crippen LogP contribution is 2.24. The molecule has 19 heavy (non-hydrogen) atoms. The Bertz CT molecular complexity index is 419. The fraction of sp³-hybridized carbons (Fsp3) is 0.571. The summed E-state index contributed by atoms with van der Waals surface area (Å²) >= 11 is 0. The molecular weight excluding hydrogens is 244 g/mol. The first-order valence-electron chi connectivity index (χ1n) is 6.41. The molecule has 0 aliphatic carbocycles. The predicted molar refractivity (Wildman–Crippen MR) is 74.3 cm³/mol. The highest BCUT2D eigenvalue weighted by molar-refractivity contribution is 5.76. The van der Waals surface area contributed by atoms with Gasteiger partial charge in [0.05, 0.1) is 19.1 Å². The van der Waals surface area contributed by atoms with E-state index >= 15 is 0 Å². The molecule has 5 nitrogen and oxygen atoms in total. The summed E-state index contributed by atoms with van der Waals surface area (Å²) in [7, 11) is 1.39. The van der Waals surface area contributed by atoms with Crippen molar-refractivity contribution in [3.8, 4) is 5.75 Å². The molecule has 1 heterocycles. The number of rotatable bonds is 7. The van der Waals surface area contributed by atoms with Gasteiger partial charge in [0, 0.05) is 12.7 Å². The van der Waals surface area contributed by atoms with Gasteiger partial charge in [0.15, 0.2) is 11.6 Å². The van der Waals surface area contributed by atoms with Crippen LogP contribution < -0.4 is 10.1 Å². The van der Waals surface area contributed by atoms with Crippen LogP contribution >= 0.6 is 0 Å². The molecule has 0 atom stereocenters. The summed E-state index contributed by atoms with van der Waals surface area (Å²) in [4.78, 5) is 15.8. The standard InChI is InChI=1S/C14H22N2O3/c1-5-9-19-11-7-6-8-15-12(11)16-10-14(2,3)13(17)18-4/h6-8H,5,9-10H2,1-4H3,(H,15,16). The summed E-state index contributed by atoms with van der Waals surface area (Å²) in [5, 5.41) is 3.14. The molecule has 0 spiro atoms. The number of nitrogens with one attached hydrogen (secondary N) is 1. The molecule has 1 aromatic rings. The van der Waals surface area contributed by atoms with Crippen molar-refractivity contribution < 1.29 is 14.3 Å². The second-order valence-corrected chi connectivity index (χ2v) is 4.93. The number of carbonyl (C=O) groups is 1. The lowest BCUT2D eigenvalue weighted by molar-refractivity contribution is -0.149. The van der Waals surface area contributed by atoms with Crippen LogP contribution in [-0.4, -0.2) is 31.2 Å². The lowest BCUT2D eigenvalue weighted by atomic mass is 9.94. The summed E-state index contributed by atoms with van der Waals surface area (Å²) in [6.45, 7) is 6.76. The van der Waals surface area contributed by atoms with Crippen LogP contribution in [0.25, 0.3) is 0 Å². The molecule has 1 rings (SSSR count). The third-order valence-electron chi connectivity index (χ3n) is 2.67. The molecule has 5 heteroatoms. The maximum atomic E-state index is 11.6. The molecule has 1 aromatic heterocycles. The average molecular weight is 266 g/mol. The van der Waals surface area contributed by atoms with Crippen molar-refractivity contribution in [3.05, 3.63) is 18.3 Å². The Balaban J connectivity index is 2.69. The molecule has 0 fully saturated rings. The van der Waals surface area contributed by atoms with Gasteiger partial charge in [0.2, 0.25) is 0 Å². The third-order valence-corrected chi connectivity index (χ3v) is 2.67. The number of anilines is 1. The normalized spacial score (nSPS) is 10.9. The zero-order valence-electron chi connectivity index (χ0n) is 12.0. The Morgan fingerprint density at radius 2 is 2.21 bits per heavy atom. The number of pyridine rings is 1. The quantitative estimate of drug-likeness (QED) is 0.768. The Kier molecular flexibility index (Phi) is 5.60. The average Bonchev–Trinajstić information content (AvgIpc) is 2.42. The van der Waals surface area contributed by atoms with Crippen LogP contribution in [0.5, 0.6) is 5.75 Å². The van der Waals surface area contributed by atoms with Gasteiger partial charge in [-0.1, -0.05) is 6.92 Å². The highest BCUT2D eigenvalue weighted by Gasteiger charge is 2.28. The SMILES string of the molecule is CCCOc1cccnc1NCC(C)(C)C(=O)OC. The number of ether oxygens (including phenoxy) is 2. The Morgan fingerprint density at radius 1 is 1.47 bits per heavy atom. The molecule has 0 aromatic carbocycles. The molecule has 0 saturated heterocycles.